The molecule has 0 N–H and O–H groups in total. The summed E-state index contributed by atoms with van der Waals surface area (Å²) in [6.45, 7) is 13.7. The monoisotopic (exact) mass is 922 g/mol. The van der Waals surface area contributed by atoms with Gasteiger partial charge in [0.05, 0.1) is 8.47 Å². The van der Waals surface area contributed by atoms with Gasteiger partial charge >= 0.3 is 66.0 Å². The van der Waals surface area contributed by atoms with Crippen LogP contribution in [0.4, 0.5) is 50.4 Å². The van der Waals surface area contributed by atoms with Crippen molar-refractivity contribution in [1.29, 1.82) is 0 Å². The van der Waals surface area contributed by atoms with Crippen LogP contribution in [0.25, 0.3) is 11.1 Å². The Kier molecular flexibility index (Phi) is 12.0. The van der Waals surface area contributed by atoms with Crippen molar-refractivity contribution in [1.82, 2.24) is 9.13 Å². The molecule has 18 rings (SSSR count). The molecule has 14 aliphatic heterocycles. The summed E-state index contributed by atoms with van der Waals surface area (Å²) in [5.41, 5.74) is 8.38. The number of pyridine rings is 2. The molecule has 0 atom stereocenters. The normalized spacial score (nSPS) is 18.9. The van der Waals surface area contributed by atoms with Crippen LogP contribution in [0.2, 0.25) is 0 Å². The molecule has 56 heavy (non-hydrogen) atoms. The van der Waals surface area contributed by atoms with Crippen LogP contribution in [0.3, 0.4) is 0 Å². The number of nitrogens with zero attached hydrogens (tertiary/aromatic N) is 4. The van der Waals surface area contributed by atoms with Gasteiger partial charge in [-0.2, -0.15) is 0 Å². The molecule has 0 aliphatic carbocycles. The van der Waals surface area contributed by atoms with E-state index >= 15 is 0 Å². The van der Waals surface area contributed by atoms with E-state index in [0.29, 0.717) is 0 Å². The van der Waals surface area contributed by atoms with E-state index in [0.717, 1.165) is 26.2 Å². The van der Waals surface area contributed by atoms with E-state index in [4.69, 9.17) is 0 Å². The van der Waals surface area contributed by atoms with Gasteiger partial charge in [-0.15, -0.1) is 0 Å². The third-order valence-electron chi connectivity index (χ3n) is 9.00. The number of thioether (sulfide) groups is 4. The maximum absolute atomic E-state index is 10.7. The molecule has 0 unspecified atom stereocenters. The van der Waals surface area contributed by atoms with E-state index in [1.165, 1.54) is 100 Å². The molecule has 4 nitrogen and oxygen atoms in total. The summed E-state index contributed by atoms with van der Waals surface area (Å²) >= 11 is 8.06. The fraction of sp³-hybridized carbons (Fsp3) is 0.412. The fourth-order valence-corrected chi connectivity index (χ4v) is 12.4. The van der Waals surface area contributed by atoms with Crippen molar-refractivity contribution in [2.45, 2.75) is 112 Å². The van der Waals surface area contributed by atoms with Crippen LogP contribution in [0.1, 0.15) is 61.3 Å². The van der Waals surface area contributed by atoms with Crippen LogP contribution >= 0.6 is 62.7 Å². The number of hydrogen-bond donors (Lipinski definition) is 0. The molecule has 4 aromatic heterocycles. The number of rotatable bonds is 0. The quantitative estimate of drug-likeness (QED) is 0.0993. The Hall–Kier alpha value is -1.98. The van der Waals surface area contributed by atoms with Crippen molar-refractivity contribution in [3.05, 3.63) is 80.3 Å². The first-order chi connectivity index (χ1) is 25.4. The second-order valence-electron chi connectivity index (χ2n) is 13.6. The molecular formula is C34H40F12N4P2S4. The molecule has 0 aromatic carbocycles. The minimum absolute atomic E-state index is 1.08. The molecule has 12 bridgehead atoms. The first-order valence-electron chi connectivity index (χ1n) is 17.3. The number of halogens is 12. The predicted molar refractivity (Wildman–Crippen MR) is 205 cm³/mol. The van der Waals surface area contributed by atoms with Crippen molar-refractivity contribution in [3.8, 4) is 11.1 Å². The van der Waals surface area contributed by atoms with Crippen molar-refractivity contribution in [2.75, 3.05) is 0 Å². The first kappa shape index (κ1) is 45.1. The maximum atomic E-state index is 9.87. The molecular weight excluding hydrogens is 883 g/mol. The van der Waals surface area contributed by atoms with Crippen molar-refractivity contribution < 1.29 is 59.5 Å². The Morgan fingerprint density at radius 2 is 0.679 bits per heavy atom. The van der Waals surface area contributed by atoms with Crippen LogP contribution in [-0.4, -0.2) is 9.13 Å². The van der Waals surface area contributed by atoms with Gasteiger partial charge in [-0.05, 0) is 64.5 Å². The van der Waals surface area contributed by atoms with Gasteiger partial charge in [-0.1, -0.05) is 47.0 Å². The summed E-state index contributed by atoms with van der Waals surface area (Å²) in [5.74, 6) is 0. The third kappa shape index (κ3) is 14.1. The van der Waals surface area contributed by atoms with E-state index in [-0.39, 0.29) is 0 Å². The van der Waals surface area contributed by atoms with E-state index < -0.39 is 15.6 Å². The molecule has 0 amide bonds. The Balaban J connectivity index is 0.000000367. The Morgan fingerprint density at radius 3 is 0.929 bits per heavy atom. The van der Waals surface area contributed by atoms with Crippen molar-refractivity contribution >= 4 is 62.7 Å². The molecule has 18 heterocycles. The molecule has 0 spiro atoms. The van der Waals surface area contributed by atoms with Gasteiger partial charge in [0.25, 0.3) is 0 Å². The van der Waals surface area contributed by atoms with Gasteiger partial charge in [0.2, 0.25) is 0 Å². The molecule has 0 saturated carbocycles. The number of hydrogen-bond acceptors (Lipinski definition) is 4. The number of aryl methyl sites for hydroxylation is 2. The standard InChI is InChI=1S/C34H40N4S4.2F6P/c1-23-29-30-24(2)37(23)17-9-5-7-15-35-19-11-27(12-20-35)28-13-21-36(22-14-28)16-8-6-10-18-38-25(3)31-32(26(38)4)42-34(41-31)33(39-29)40-30;2*1-7(2,3,4,5)6/h11-14,19-22H,5-10,15-18H2,1-4H3;;/q+2;2*-1. The van der Waals surface area contributed by atoms with E-state index in [9.17, 15) is 50.4 Å². The zero-order valence-corrected chi connectivity index (χ0v) is 35.6. The summed E-state index contributed by atoms with van der Waals surface area (Å²) in [5, 5.41) is 0. The Morgan fingerprint density at radius 1 is 0.429 bits per heavy atom. The molecule has 314 valence electrons. The Bertz CT molecular complexity index is 1900. The molecule has 22 heteroatoms. The van der Waals surface area contributed by atoms with Gasteiger partial charge in [0.15, 0.2) is 24.8 Å². The zero-order chi connectivity index (χ0) is 41.6. The summed E-state index contributed by atoms with van der Waals surface area (Å²) in [6.07, 6.45) is 16.4. The minimum atomic E-state index is -10.7. The van der Waals surface area contributed by atoms with Gasteiger partial charge in [0.1, 0.15) is 13.1 Å². The molecule has 4 aromatic rings. The summed E-state index contributed by atoms with van der Waals surface area (Å²) < 4.78 is 131. The van der Waals surface area contributed by atoms with E-state index in [1.54, 1.807) is 0 Å². The van der Waals surface area contributed by atoms with Crippen LogP contribution in [0, 0.1) is 27.7 Å². The molecule has 0 radical (unpaired) electrons. The van der Waals surface area contributed by atoms with Gasteiger partial charge in [-0.25, -0.2) is 9.13 Å². The van der Waals surface area contributed by atoms with Crippen molar-refractivity contribution in [2.24, 2.45) is 0 Å². The fourth-order valence-electron chi connectivity index (χ4n) is 6.46. The van der Waals surface area contributed by atoms with E-state index in [1.807, 2.05) is 47.0 Å². The van der Waals surface area contributed by atoms with Crippen LogP contribution < -0.4 is 9.13 Å². The van der Waals surface area contributed by atoms with Gasteiger partial charge in [0, 0.05) is 92.6 Å². The summed E-state index contributed by atoms with van der Waals surface area (Å²) in [4.78, 5) is 5.97. The predicted octanol–water partition coefficient (Wildman–Crippen LogP) is 15.8. The molecule has 0 fully saturated rings. The number of aromatic nitrogens is 4. The zero-order valence-electron chi connectivity index (χ0n) is 30.5. The summed E-state index contributed by atoms with van der Waals surface area (Å²) in [6, 6.07) is 9.06. The third-order valence-corrected chi connectivity index (χ3v) is 15.2. The van der Waals surface area contributed by atoms with Gasteiger partial charge in [-0.3, -0.25) is 0 Å². The van der Waals surface area contributed by atoms with E-state index in [2.05, 4.69) is 95.0 Å². The molecule has 0 saturated heterocycles. The van der Waals surface area contributed by atoms with Crippen LogP contribution in [0.15, 0.2) is 77.1 Å². The van der Waals surface area contributed by atoms with Crippen LogP contribution in [-0.2, 0) is 26.2 Å². The topological polar surface area (TPSA) is 17.6 Å². The SMILES string of the molecule is Cc1c2c3c(C)n1CCCCC[n+]1ccc(cc1)-c1cc[n+](cc1)CCCCCn1c(C)c4c(c1C)SC(=C(S2)S3)S4.F[P-](F)(F)(F)(F)F.F[P-](F)(F)(F)(F)F. The first-order valence-corrected chi connectivity index (χ1v) is 24.7. The summed E-state index contributed by atoms with van der Waals surface area (Å²) in [7, 11) is -21.3. The van der Waals surface area contributed by atoms with Crippen molar-refractivity contribution in [3.63, 3.8) is 0 Å². The van der Waals surface area contributed by atoms with Crippen LogP contribution in [0.5, 0.6) is 0 Å². The second kappa shape index (κ2) is 14.9. The average Bonchev–Trinajstić information content (AvgIpc) is 3.78. The average molecular weight is 923 g/mol. The Labute approximate surface area is 333 Å². The van der Waals surface area contributed by atoms with Gasteiger partial charge < -0.3 is 9.13 Å². The molecule has 14 aliphatic rings. The second-order valence-corrected chi connectivity index (χ2v) is 22.1.